The molecule has 0 aromatic carbocycles. The van der Waals surface area contributed by atoms with Crippen molar-refractivity contribution in [2.24, 2.45) is 0 Å². The average Bonchev–Trinajstić information content (AvgIpc) is 0.811. The zero-order valence-corrected chi connectivity index (χ0v) is 6.19. The zero-order valence-electron chi connectivity index (χ0n) is 2.60. The van der Waals surface area contributed by atoms with Gasteiger partial charge in [-0.3, -0.25) is 0 Å². The quantitative estimate of drug-likeness (QED) is 0.323. The molecule has 3 nitrogen and oxygen atoms in total. The van der Waals surface area contributed by atoms with E-state index in [1.807, 2.05) is 0 Å². The van der Waals surface area contributed by atoms with Gasteiger partial charge in [0.25, 0.3) is 0 Å². The summed E-state index contributed by atoms with van der Waals surface area (Å²) in [6, 6.07) is 0. The largest absolute Gasteiger partial charge is 1.00 e. The summed E-state index contributed by atoms with van der Waals surface area (Å²) in [4.78, 5) is 0. The van der Waals surface area contributed by atoms with Gasteiger partial charge in [-0.05, 0) is 0 Å². The second kappa shape index (κ2) is 5.36. The van der Waals surface area contributed by atoms with E-state index in [0.29, 0.717) is 0 Å². The van der Waals surface area contributed by atoms with E-state index in [-0.39, 0.29) is 29.6 Å². The Bertz CT molecular complexity index is 11.6. The molecule has 0 radical (unpaired) electrons. The van der Waals surface area contributed by atoms with Crippen LogP contribution in [0.25, 0.3) is 0 Å². The first-order chi connectivity index (χ1) is 1.73. The van der Waals surface area contributed by atoms with Crippen LogP contribution in [0.4, 0.5) is 0 Å². The van der Waals surface area contributed by atoms with Gasteiger partial charge in [0, 0.05) is 0 Å². The van der Waals surface area contributed by atoms with Crippen LogP contribution in [0.5, 0.6) is 0 Å². The average molecular weight is 151 g/mol. The molecule has 5 heavy (non-hydrogen) atoms. The molecule has 0 bridgehead atoms. The molecule has 5 heteroatoms. The molecule has 0 rings (SSSR count). The van der Waals surface area contributed by atoms with Crippen molar-refractivity contribution in [1.29, 1.82) is 0 Å². The van der Waals surface area contributed by atoms with Crippen molar-refractivity contribution >= 4 is 0 Å². The minimum Gasteiger partial charge on any atom is -0.405 e. The van der Waals surface area contributed by atoms with Crippen LogP contribution in [-0.2, 0) is 0 Å². The summed E-state index contributed by atoms with van der Waals surface area (Å²) >= 11 is -3.65. The fourth-order valence-corrected chi connectivity index (χ4v) is 0. The molecule has 0 unspecified atom stereocenters. The second-order valence-corrected chi connectivity index (χ2v) is 0.982. The minimum atomic E-state index is -3.65. The molecular formula is BrNaO3. The molecule has 0 aliphatic heterocycles. The fourth-order valence-electron chi connectivity index (χ4n) is 0. The van der Waals surface area contributed by atoms with E-state index >= 15 is 0 Å². The van der Waals surface area contributed by atoms with Gasteiger partial charge < -0.3 is 12.6 Å². The number of rotatable bonds is 0. The third kappa shape index (κ3) is 32.7. The molecule has 0 fully saturated rings. The van der Waals surface area contributed by atoms with Crippen molar-refractivity contribution < 1.29 is 57.0 Å². The van der Waals surface area contributed by atoms with E-state index in [1.54, 1.807) is 0 Å². The Morgan fingerprint density at radius 3 is 1.00 bits per heavy atom. The van der Waals surface area contributed by atoms with E-state index in [2.05, 4.69) is 0 Å². The van der Waals surface area contributed by atoms with Crippen LogP contribution in [0.2, 0.25) is 0 Å². The summed E-state index contributed by atoms with van der Waals surface area (Å²) in [6.45, 7) is 0. The standard InChI is InChI=1S/BrO3.Na/c2-1(3)4;/q-1;+1. The van der Waals surface area contributed by atoms with Gasteiger partial charge >= 0.3 is 29.6 Å². The number of hydrogen-bond donors (Lipinski definition) is 0. The molecule has 0 aliphatic carbocycles. The molecule has 0 aromatic heterocycles. The van der Waals surface area contributed by atoms with Gasteiger partial charge in [-0.1, -0.05) is 0 Å². The summed E-state index contributed by atoms with van der Waals surface area (Å²) in [5, 5.41) is 0. The smallest absolute Gasteiger partial charge is 0.405 e. The third-order valence-electron chi connectivity index (χ3n) is 0. The molecule has 0 atom stereocenters. The summed E-state index contributed by atoms with van der Waals surface area (Å²) in [5.74, 6) is 0. The summed E-state index contributed by atoms with van der Waals surface area (Å²) in [7, 11) is 0. The van der Waals surface area contributed by atoms with E-state index in [9.17, 15) is 0 Å². The van der Waals surface area contributed by atoms with Crippen LogP contribution in [0.3, 0.4) is 0 Å². The van der Waals surface area contributed by atoms with Gasteiger partial charge in [-0.15, -0.1) is 0 Å². The van der Waals surface area contributed by atoms with Crippen molar-refractivity contribution in [2.75, 3.05) is 0 Å². The first-order valence-electron chi connectivity index (χ1n) is 0.463. The first-order valence-corrected chi connectivity index (χ1v) is 2.41. The van der Waals surface area contributed by atoms with Crippen LogP contribution in [0.1, 0.15) is 0 Å². The third-order valence-corrected chi connectivity index (χ3v) is 0. The SMILES string of the molecule is [Na+].[O-][Br+2]([O-])[O-]. The maximum absolute atomic E-state index is 8.52. The van der Waals surface area contributed by atoms with Crippen LogP contribution < -0.4 is 42.2 Å². The van der Waals surface area contributed by atoms with Crippen LogP contribution in [-0.4, -0.2) is 0 Å². The van der Waals surface area contributed by atoms with E-state index in [1.165, 1.54) is 0 Å². The zero-order chi connectivity index (χ0) is 3.58. The van der Waals surface area contributed by atoms with Crippen molar-refractivity contribution in [2.45, 2.75) is 0 Å². The first kappa shape index (κ1) is 9.61. The predicted molar refractivity (Wildman–Crippen MR) is 0 cm³/mol. The van der Waals surface area contributed by atoms with Gasteiger partial charge in [-0.25, -0.2) is 0 Å². The molecule has 0 heterocycles. The number of halogens is 1. The van der Waals surface area contributed by atoms with Crippen molar-refractivity contribution in [3.63, 3.8) is 0 Å². The topological polar surface area (TPSA) is 69.2 Å². The predicted octanol–water partition coefficient (Wildman–Crippen LogP) is -6.56. The van der Waals surface area contributed by atoms with Gasteiger partial charge in [0.1, 0.15) is 0 Å². The molecular weight excluding hydrogens is 151 g/mol. The molecule has 0 saturated carbocycles. The molecule has 0 saturated heterocycles. The van der Waals surface area contributed by atoms with E-state index < -0.39 is 14.8 Å². The van der Waals surface area contributed by atoms with Gasteiger partial charge in [0.05, 0.1) is 0 Å². The second-order valence-electron chi connectivity index (χ2n) is 0.189. The van der Waals surface area contributed by atoms with Crippen molar-refractivity contribution in [3.05, 3.63) is 0 Å². The Morgan fingerprint density at radius 2 is 1.00 bits per heavy atom. The van der Waals surface area contributed by atoms with Gasteiger partial charge in [-0.2, -0.15) is 0 Å². The molecule has 0 aromatic rings. The summed E-state index contributed by atoms with van der Waals surface area (Å²) in [6.07, 6.45) is 0. The molecule has 26 valence electrons. The van der Waals surface area contributed by atoms with E-state index in [0.717, 1.165) is 0 Å². The minimum absolute atomic E-state index is 0. The van der Waals surface area contributed by atoms with E-state index in [4.69, 9.17) is 12.6 Å². The summed E-state index contributed by atoms with van der Waals surface area (Å²) < 4.78 is 25.6. The normalized spacial score (nSPS) is 7.20. The molecule has 0 amide bonds. The summed E-state index contributed by atoms with van der Waals surface area (Å²) in [5.41, 5.74) is 0. The Labute approximate surface area is 56.7 Å². The number of hydrogen-bond acceptors (Lipinski definition) is 3. The molecule has 0 spiro atoms. The maximum Gasteiger partial charge on any atom is 1.00 e. The maximum atomic E-state index is 8.52. The van der Waals surface area contributed by atoms with Crippen LogP contribution in [0.15, 0.2) is 0 Å². The van der Waals surface area contributed by atoms with Crippen LogP contribution in [0, 0.1) is 14.8 Å². The van der Waals surface area contributed by atoms with Crippen molar-refractivity contribution in [1.82, 2.24) is 0 Å². The van der Waals surface area contributed by atoms with Gasteiger partial charge in [0.15, 0.2) is 0 Å². The Kier molecular flexibility index (Phi) is 10.3. The monoisotopic (exact) mass is 150 g/mol. The molecule has 0 N–H and O–H groups in total. The van der Waals surface area contributed by atoms with Crippen molar-refractivity contribution in [3.8, 4) is 0 Å². The fraction of sp³-hybridized carbons (Fsp3) is 0. The molecule has 0 aliphatic rings. The Balaban J connectivity index is 0. The Hall–Kier alpha value is 1.36. The van der Waals surface area contributed by atoms with Gasteiger partial charge in [0.2, 0.25) is 14.8 Å². The van der Waals surface area contributed by atoms with Crippen LogP contribution >= 0.6 is 0 Å². The Morgan fingerprint density at radius 1 is 1.00 bits per heavy atom.